The summed E-state index contributed by atoms with van der Waals surface area (Å²) in [5.74, 6) is -1.22. The average Bonchev–Trinajstić information content (AvgIpc) is 2.42. The molecule has 1 aliphatic heterocycles. The Morgan fingerprint density at radius 2 is 2.07 bits per heavy atom. The van der Waals surface area contributed by atoms with E-state index in [2.05, 4.69) is 4.74 Å². The lowest BCUT2D eigenvalue weighted by Gasteiger charge is -2.22. The molecule has 1 fully saturated rings. The van der Waals surface area contributed by atoms with Gasteiger partial charge in [-0.1, -0.05) is 0 Å². The highest BCUT2D eigenvalue weighted by Gasteiger charge is 2.57. The maximum absolute atomic E-state index is 11.0. The van der Waals surface area contributed by atoms with Crippen LogP contribution >= 0.6 is 0 Å². The summed E-state index contributed by atoms with van der Waals surface area (Å²) in [5, 5.41) is 45.1. The van der Waals surface area contributed by atoms with Crippen LogP contribution in [0.4, 0.5) is 0 Å². The first kappa shape index (κ1) is 11.3. The quantitative estimate of drug-likeness (QED) is 0.302. The van der Waals surface area contributed by atoms with E-state index in [4.69, 9.17) is 15.3 Å². The third-order valence-corrected chi connectivity index (χ3v) is 2.20. The number of rotatable bonds is 3. The second-order valence-electron chi connectivity index (χ2n) is 3.15. The second kappa shape index (κ2) is 3.79. The number of carbonyl (C=O) groups is 1. The van der Waals surface area contributed by atoms with E-state index in [-0.39, 0.29) is 0 Å². The lowest BCUT2D eigenvalue weighted by atomic mass is 9.95. The number of esters is 1. The summed E-state index contributed by atoms with van der Waals surface area (Å²) in [6.07, 6.45) is -4.68. The third kappa shape index (κ3) is 1.49. The highest BCUT2D eigenvalue weighted by atomic mass is 16.6. The predicted molar refractivity (Wildman–Crippen MR) is 41.0 cm³/mol. The van der Waals surface area contributed by atoms with Crippen LogP contribution < -0.4 is 0 Å². The molecule has 0 unspecified atom stereocenters. The molecule has 82 valence electrons. The fraction of sp³-hybridized carbons (Fsp3) is 0.857. The van der Waals surface area contributed by atoms with E-state index >= 15 is 0 Å². The number of aliphatic hydroxyl groups is 5. The molecule has 14 heavy (non-hydrogen) atoms. The van der Waals surface area contributed by atoms with Gasteiger partial charge in [0, 0.05) is 0 Å². The molecule has 0 bridgehead atoms. The second-order valence-corrected chi connectivity index (χ2v) is 3.15. The minimum absolute atomic E-state index is 0.726. The maximum Gasteiger partial charge on any atom is 0.343 e. The number of hydrogen-bond acceptors (Lipinski definition) is 7. The summed E-state index contributed by atoms with van der Waals surface area (Å²) < 4.78 is 4.42. The first-order valence-electron chi connectivity index (χ1n) is 3.98. The van der Waals surface area contributed by atoms with Gasteiger partial charge in [0.2, 0.25) is 5.60 Å². The molecule has 1 saturated heterocycles. The van der Waals surface area contributed by atoms with Crippen molar-refractivity contribution in [3.05, 3.63) is 0 Å². The minimum Gasteiger partial charge on any atom is -0.454 e. The fourth-order valence-electron chi connectivity index (χ4n) is 1.23. The number of aliphatic hydroxyl groups excluding tert-OH is 4. The molecule has 0 aromatic rings. The molecule has 0 aromatic carbocycles. The molecule has 0 amide bonds. The van der Waals surface area contributed by atoms with Gasteiger partial charge in [-0.2, -0.15) is 0 Å². The Bertz CT molecular complexity index is 230. The minimum atomic E-state index is -2.42. The van der Waals surface area contributed by atoms with E-state index in [0.717, 1.165) is 0 Å². The Morgan fingerprint density at radius 1 is 1.50 bits per heavy atom. The number of ether oxygens (including phenoxy) is 1. The van der Waals surface area contributed by atoms with Gasteiger partial charge in [0.15, 0.2) is 6.10 Å². The van der Waals surface area contributed by atoms with E-state index in [9.17, 15) is 15.0 Å². The molecule has 1 aliphatic rings. The van der Waals surface area contributed by atoms with E-state index < -0.39 is 43.1 Å². The standard InChI is InChI=1S/C7H12O7/c8-1-3(10)4-5(11)7(13,2-9)6(12)14-4/h3-5,8-11,13H,1-2H2/t3-,4+,5-,7-/m0/s1. The smallest absolute Gasteiger partial charge is 0.343 e. The van der Waals surface area contributed by atoms with Crippen LogP contribution in [0.1, 0.15) is 0 Å². The molecule has 5 N–H and O–H groups in total. The zero-order valence-corrected chi connectivity index (χ0v) is 7.20. The van der Waals surface area contributed by atoms with Crippen LogP contribution in [-0.2, 0) is 9.53 Å². The van der Waals surface area contributed by atoms with Crippen molar-refractivity contribution >= 4 is 5.97 Å². The molecular formula is C7H12O7. The van der Waals surface area contributed by atoms with Gasteiger partial charge in [-0.3, -0.25) is 0 Å². The third-order valence-electron chi connectivity index (χ3n) is 2.20. The van der Waals surface area contributed by atoms with Crippen molar-refractivity contribution in [1.29, 1.82) is 0 Å². The van der Waals surface area contributed by atoms with Gasteiger partial charge in [0.1, 0.15) is 12.2 Å². The lowest BCUT2D eigenvalue weighted by molar-refractivity contribution is -0.161. The number of carbonyl (C=O) groups excluding carboxylic acids is 1. The zero-order chi connectivity index (χ0) is 10.9. The molecule has 0 aliphatic carbocycles. The van der Waals surface area contributed by atoms with Crippen molar-refractivity contribution < 1.29 is 35.1 Å². The van der Waals surface area contributed by atoms with Crippen molar-refractivity contribution in [3.8, 4) is 0 Å². The number of hydrogen-bond donors (Lipinski definition) is 5. The van der Waals surface area contributed by atoms with Gasteiger partial charge in [-0.25, -0.2) is 4.79 Å². The van der Waals surface area contributed by atoms with E-state index in [1.54, 1.807) is 0 Å². The Balaban J connectivity index is 2.84. The molecule has 1 heterocycles. The van der Waals surface area contributed by atoms with E-state index in [0.29, 0.717) is 0 Å². The van der Waals surface area contributed by atoms with Gasteiger partial charge in [0.05, 0.1) is 13.2 Å². The zero-order valence-electron chi connectivity index (χ0n) is 7.20. The van der Waals surface area contributed by atoms with Crippen molar-refractivity contribution in [1.82, 2.24) is 0 Å². The summed E-state index contributed by atoms with van der Waals surface area (Å²) in [6.45, 7) is -1.74. The van der Waals surface area contributed by atoms with E-state index in [1.165, 1.54) is 0 Å². The summed E-state index contributed by atoms with van der Waals surface area (Å²) >= 11 is 0. The normalized spacial score (nSPS) is 39.6. The predicted octanol–water partition coefficient (Wildman–Crippen LogP) is -3.65. The molecule has 7 nitrogen and oxygen atoms in total. The average molecular weight is 208 g/mol. The van der Waals surface area contributed by atoms with Gasteiger partial charge in [-0.05, 0) is 0 Å². The van der Waals surface area contributed by atoms with Gasteiger partial charge < -0.3 is 30.3 Å². The number of cyclic esters (lactones) is 1. The first-order chi connectivity index (χ1) is 6.47. The Hall–Kier alpha value is -0.730. The monoisotopic (exact) mass is 208 g/mol. The van der Waals surface area contributed by atoms with Crippen LogP contribution in [-0.4, -0.2) is 68.6 Å². The Kier molecular flexibility index (Phi) is 3.07. The maximum atomic E-state index is 11.0. The van der Waals surface area contributed by atoms with Crippen molar-refractivity contribution in [2.24, 2.45) is 0 Å². The summed E-state index contributed by atoms with van der Waals surface area (Å²) in [4.78, 5) is 11.0. The van der Waals surface area contributed by atoms with Gasteiger partial charge >= 0.3 is 5.97 Å². The largest absolute Gasteiger partial charge is 0.454 e. The van der Waals surface area contributed by atoms with Crippen LogP contribution in [0, 0.1) is 0 Å². The first-order valence-corrected chi connectivity index (χ1v) is 3.98. The highest BCUT2D eigenvalue weighted by molar-refractivity contribution is 5.83. The topological polar surface area (TPSA) is 127 Å². The molecular weight excluding hydrogens is 196 g/mol. The molecule has 1 rings (SSSR count). The van der Waals surface area contributed by atoms with Crippen molar-refractivity contribution in [2.75, 3.05) is 13.2 Å². The van der Waals surface area contributed by atoms with Gasteiger partial charge in [-0.15, -0.1) is 0 Å². The molecule has 0 radical (unpaired) electrons. The highest BCUT2D eigenvalue weighted by Crippen LogP contribution is 2.27. The van der Waals surface area contributed by atoms with Crippen LogP contribution in [0.25, 0.3) is 0 Å². The fourth-order valence-corrected chi connectivity index (χ4v) is 1.23. The Labute approximate surface area is 79.2 Å². The van der Waals surface area contributed by atoms with Crippen LogP contribution in [0.3, 0.4) is 0 Å². The Morgan fingerprint density at radius 3 is 2.43 bits per heavy atom. The van der Waals surface area contributed by atoms with E-state index in [1.807, 2.05) is 0 Å². The lowest BCUT2D eigenvalue weighted by Crippen LogP contribution is -2.51. The van der Waals surface area contributed by atoms with Crippen molar-refractivity contribution in [3.63, 3.8) is 0 Å². The molecule has 0 spiro atoms. The summed E-state index contributed by atoms with van der Waals surface area (Å²) in [5.41, 5.74) is -2.42. The van der Waals surface area contributed by atoms with Gasteiger partial charge in [0.25, 0.3) is 0 Å². The SMILES string of the molecule is O=C1O[C@H]([C@@H](O)CO)[C@H](O)[C@@]1(O)CO. The van der Waals surface area contributed by atoms with Crippen LogP contribution in [0.5, 0.6) is 0 Å². The molecule has 0 saturated carbocycles. The molecule has 0 aromatic heterocycles. The summed E-state index contributed by atoms with van der Waals surface area (Å²) in [7, 11) is 0. The van der Waals surface area contributed by atoms with Crippen LogP contribution in [0.15, 0.2) is 0 Å². The molecule has 4 atom stereocenters. The van der Waals surface area contributed by atoms with Crippen LogP contribution in [0.2, 0.25) is 0 Å². The molecule has 7 heteroatoms. The van der Waals surface area contributed by atoms with Crippen molar-refractivity contribution in [2.45, 2.75) is 23.9 Å². The summed E-state index contributed by atoms with van der Waals surface area (Å²) in [6, 6.07) is 0.